The van der Waals surface area contributed by atoms with Gasteiger partial charge in [-0.15, -0.1) is 24.0 Å². The quantitative estimate of drug-likeness (QED) is 0.394. The molecular formula is C17H33IN4O. The first-order valence-corrected chi connectivity index (χ1v) is 9.09. The van der Waals surface area contributed by atoms with Crippen molar-refractivity contribution in [1.29, 1.82) is 0 Å². The molecule has 4 atom stereocenters. The van der Waals surface area contributed by atoms with E-state index in [-0.39, 0.29) is 24.0 Å². The molecule has 0 aromatic rings. The van der Waals surface area contributed by atoms with Gasteiger partial charge in [-0.05, 0) is 51.1 Å². The van der Waals surface area contributed by atoms with E-state index in [2.05, 4.69) is 27.4 Å². The zero-order valence-electron chi connectivity index (χ0n) is 14.6. The summed E-state index contributed by atoms with van der Waals surface area (Å²) in [6, 6.07) is 0.447. The molecule has 0 spiro atoms. The smallest absolute Gasteiger partial charge is 0.191 e. The van der Waals surface area contributed by atoms with Crippen LogP contribution in [0.25, 0.3) is 0 Å². The lowest BCUT2D eigenvalue weighted by atomic mass is 9.96. The van der Waals surface area contributed by atoms with Crippen molar-refractivity contribution in [3.63, 3.8) is 0 Å². The van der Waals surface area contributed by atoms with Crippen LogP contribution in [0.3, 0.4) is 0 Å². The third-order valence-corrected chi connectivity index (χ3v) is 5.29. The molecule has 0 aliphatic carbocycles. The summed E-state index contributed by atoms with van der Waals surface area (Å²) in [6.07, 6.45) is 8.60. The van der Waals surface area contributed by atoms with Crippen molar-refractivity contribution in [3.8, 4) is 0 Å². The molecule has 2 bridgehead atoms. The van der Waals surface area contributed by atoms with Crippen LogP contribution in [0.15, 0.2) is 4.99 Å². The molecule has 134 valence electrons. The van der Waals surface area contributed by atoms with E-state index >= 15 is 0 Å². The molecule has 3 heterocycles. The summed E-state index contributed by atoms with van der Waals surface area (Å²) in [4.78, 5) is 6.99. The van der Waals surface area contributed by atoms with Gasteiger partial charge in [-0.25, -0.2) is 0 Å². The molecule has 0 radical (unpaired) electrons. The molecule has 0 saturated carbocycles. The number of ether oxygens (including phenoxy) is 1. The maximum Gasteiger partial charge on any atom is 0.191 e. The standard InChI is InChI=1S/C17H32N4O.HI/c1-13(12-21-8-4-3-5-9-21)11-19-17(18-2)20-15-10-14-6-7-16(15)22-14;/h13-16H,3-12H2,1-2H3,(H2,18,19,20);1H. The summed E-state index contributed by atoms with van der Waals surface area (Å²) in [5.41, 5.74) is 0. The number of piperidine rings is 1. The number of halogens is 1. The second kappa shape index (κ2) is 9.42. The van der Waals surface area contributed by atoms with Gasteiger partial charge in [-0.1, -0.05) is 13.3 Å². The van der Waals surface area contributed by atoms with Crippen molar-refractivity contribution < 1.29 is 4.74 Å². The number of hydrogen-bond donors (Lipinski definition) is 2. The number of nitrogens with zero attached hydrogens (tertiary/aromatic N) is 2. The van der Waals surface area contributed by atoms with Crippen LogP contribution in [0, 0.1) is 5.92 Å². The highest BCUT2D eigenvalue weighted by molar-refractivity contribution is 14.0. The molecule has 0 aromatic carbocycles. The van der Waals surface area contributed by atoms with E-state index < -0.39 is 0 Å². The van der Waals surface area contributed by atoms with Gasteiger partial charge in [0.15, 0.2) is 5.96 Å². The highest BCUT2D eigenvalue weighted by Crippen LogP contribution is 2.34. The lowest BCUT2D eigenvalue weighted by Gasteiger charge is -2.29. The maximum atomic E-state index is 5.90. The van der Waals surface area contributed by atoms with Crippen LogP contribution >= 0.6 is 24.0 Å². The van der Waals surface area contributed by atoms with Gasteiger partial charge in [0, 0.05) is 20.1 Å². The third-order valence-electron chi connectivity index (χ3n) is 5.29. The molecule has 0 amide bonds. The lowest BCUT2D eigenvalue weighted by molar-refractivity contribution is 0.0992. The fourth-order valence-corrected chi connectivity index (χ4v) is 4.08. The van der Waals surface area contributed by atoms with Crippen molar-refractivity contribution in [3.05, 3.63) is 0 Å². The van der Waals surface area contributed by atoms with Gasteiger partial charge >= 0.3 is 0 Å². The average Bonchev–Trinajstić information content (AvgIpc) is 3.15. The van der Waals surface area contributed by atoms with E-state index in [0.29, 0.717) is 24.2 Å². The molecule has 4 unspecified atom stereocenters. The summed E-state index contributed by atoms with van der Waals surface area (Å²) in [5.74, 6) is 1.58. The van der Waals surface area contributed by atoms with E-state index in [9.17, 15) is 0 Å². The summed E-state index contributed by atoms with van der Waals surface area (Å²) in [6.45, 7) is 7.06. The monoisotopic (exact) mass is 436 g/mol. The van der Waals surface area contributed by atoms with Crippen LogP contribution in [0.1, 0.15) is 45.4 Å². The Kier molecular flexibility index (Phi) is 7.88. The Morgan fingerprint density at radius 3 is 2.65 bits per heavy atom. The summed E-state index contributed by atoms with van der Waals surface area (Å²) in [7, 11) is 1.86. The first-order chi connectivity index (χ1) is 10.7. The van der Waals surface area contributed by atoms with Crippen molar-refractivity contribution in [2.45, 2.75) is 63.7 Å². The van der Waals surface area contributed by atoms with Crippen molar-refractivity contribution in [1.82, 2.24) is 15.5 Å². The van der Waals surface area contributed by atoms with Gasteiger partial charge in [0.2, 0.25) is 0 Å². The van der Waals surface area contributed by atoms with Crippen molar-refractivity contribution >= 4 is 29.9 Å². The topological polar surface area (TPSA) is 48.9 Å². The minimum absolute atomic E-state index is 0. The largest absolute Gasteiger partial charge is 0.373 e. The van der Waals surface area contributed by atoms with E-state index in [0.717, 1.165) is 18.9 Å². The molecule has 2 N–H and O–H groups in total. The Hall–Kier alpha value is -0.0800. The minimum atomic E-state index is 0. The predicted molar refractivity (Wildman–Crippen MR) is 106 cm³/mol. The second-order valence-electron chi connectivity index (χ2n) is 7.28. The first kappa shape index (κ1) is 19.2. The number of likely N-dealkylation sites (tertiary alicyclic amines) is 1. The van der Waals surface area contributed by atoms with Gasteiger partial charge < -0.3 is 20.3 Å². The maximum absolute atomic E-state index is 5.90. The number of guanidine groups is 1. The van der Waals surface area contributed by atoms with Crippen LogP contribution in [0.5, 0.6) is 0 Å². The Morgan fingerprint density at radius 1 is 1.26 bits per heavy atom. The molecule has 0 aromatic heterocycles. The van der Waals surface area contributed by atoms with E-state index in [1.54, 1.807) is 0 Å². The molecule has 3 aliphatic rings. The number of aliphatic imine (C=N–C) groups is 1. The molecule has 3 fully saturated rings. The number of nitrogens with one attached hydrogen (secondary N) is 2. The number of rotatable bonds is 5. The Morgan fingerprint density at radius 2 is 2.04 bits per heavy atom. The van der Waals surface area contributed by atoms with E-state index in [1.165, 1.54) is 51.7 Å². The van der Waals surface area contributed by atoms with E-state index in [1.807, 2.05) is 7.05 Å². The SMILES string of the molecule is CN=C(NCC(C)CN1CCCCC1)NC1CC2CCC1O2.I. The fraction of sp³-hybridized carbons (Fsp3) is 0.941. The zero-order chi connectivity index (χ0) is 15.4. The van der Waals surface area contributed by atoms with Crippen LogP contribution in [-0.2, 0) is 4.74 Å². The molecule has 6 heteroatoms. The third kappa shape index (κ3) is 5.46. The fourth-order valence-electron chi connectivity index (χ4n) is 4.08. The van der Waals surface area contributed by atoms with Gasteiger partial charge in [0.05, 0.1) is 18.2 Å². The minimum Gasteiger partial charge on any atom is -0.373 e. The van der Waals surface area contributed by atoms with Crippen LogP contribution in [-0.4, -0.2) is 62.3 Å². The zero-order valence-corrected chi connectivity index (χ0v) is 16.9. The highest BCUT2D eigenvalue weighted by atomic mass is 127. The van der Waals surface area contributed by atoms with Crippen LogP contribution in [0.4, 0.5) is 0 Å². The normalized spacial score (nSPS) is 32.4. The van der Waals surface area contributed by atoms with Crippen LogP contribution in [0.2, 0.25) is 0 Å². The summed E-state index contributed by atoms with van der Waals surface area (Å²) < 4.78 is 5.90. The van der Waals surface area contributed by atoms with Gasteiger partial charge in [0.25, 0.3) is 0 Å². The Labute approximate surface area is 158 Å². The molecular weight excluding hydrogens is 403 g/mol. The van der Waals surface area contributed by atoms with Gasteiger partial charge in [-0.2, -0.15) is 0 Å². The van der Waals surface area contributed by atoms with Gasteiger partial charge in [-0.3, -0.25) is 4.99 Å². The molecule has 3 saturated heterocycles. The first-order valence-electron chi connectivity index (χ1n) is 9.09. The lowest BCUT2D eigenvalue weighted by Crippen LogP contribution is -2.49. The second-order valence-corrected chi connectivity index (χ2v) is 7.28. The Balaban J connectivity index is 0.00000192. The molecule has 5 nitrogen and oxygen atoms in total. The average molecular weight is 436 g/mol. The van der Waals surface area contributed by atoms with Crippen molar-refractivity contribution in [2.24, 2.45) is 10.9 Å². The predicted octanol–water partition coefficient (Wildman–Crippen LogP) is 2.21. The number of fused-ring (bicyclic) bond motifs is 2. The number of hydrogen-bond acceptors (Lipinski definition) is 3. The van der Waals surface area contributed by atoms with Crippen LogP contribution < -0.4 is 10.6 Å². The summed E-state index contributed by atoms with van der Waals surface area (Å²) in [5, 5.41) is 7.06. The van der Waals surface area contributed by atoms with Crippen molar-refractivity contribution in [2.75, 3.05) is 33.2 Å². The highest BCUT2D eigenvalue weighted by Gasteiger charge is 2.41. The van der Waals surface area contributed by atoms with Gasteiger partial charge in [0.1, 0.15) is 0 Å². The Bertz CT molecular complexity index is 387. The molecule has 3 rings (SSSR count). The molecule has 3 aliphatic heterocycles. The van der Waals surface area contributed by atoms with E-state index in [4.69, 9.17) is 4.74 Å². The summed E-state index contributed by atoms with van der Waals surface area (Å²) >= 11 is 0. The molecule has 23 heavy (non-hydrogen) atoms.